The zero-order chi connectivity index (χ0) is 17.9. The molecule has 2 aromatic rings. The topological polar surface area (TPSA) is 39.7 Å². The lowest BCUT2D eigenvalue weighted by Gasteiger charge is -2.25. The van der Waals surface area contributed by atoms with Crippen LogP contribution in [0.15, 0.2) is 65.7 Å². The summed E-state index contributed by atoms with van der Waals surface area (Å²) in [4.78, 5) is 6.96. The Morgan fingerprint density at radius 2 is 1.50 bits per heavy atom. The summed E-state index contributed by atoms with van der Waals surface area (Å²) in [7, 11) is 4.26. The number of likely N-dealkylation sites (N-methyl/N-ethyl adjacent to an activating group) is 1. The van der Waals surface area contributed by atoms with E-state index in [-0.39, 0.29) is 24.0 Å². The molecule has 0 spiro atoms. The first-order valence-corrected chi connectivity index (χ1v) is 8.95. The molecule has 0 radical (unpaired) electrons. The molecule has 2 N–H and O–H groups in total. The third-order valence-electron chi connectivity index (χ3n) is 4.16. The number of benzene rings is 2. The Hall–Kier alpha value is -1.60. The van der Waals surface area contributed by atoms with Gasteiger partial charge in [-0.25, -0.2) is 4.99 Å². The number of nitrogens with zero attached hydrogens (tertiary/aromatic N) is 2. The lowest BCUT2D eigenvalue weighted by molar-refractivity contribution is 0.290. The Morgan fingerprint density at radius 1 is 0.923 bits per heavy atom. The van der Waals surface area contributed by atoms with Crippen LogP contribution < -0.4 is 10.6 Å². The van der Waals surface area contributed by atoms with Crippen LogP contribution in [0.3, 0.4) is 0 Å². The average Bonchev–Trinajstić information content (AvgIpc) is 2.64. The molecule has 0 aliphatic carbocycles. The van der Waals surface area contributed by atoms with E-state index in [2.05, 4.69) is 79.0 Å². The number of halogens is 1. The minimum absolute atomic E-state index is 0. The first kappa shape index (κ1) is 22.4. The van der Waals surface area contributed by atoms with E-state index < -0.39 is 0 Å². The van der Waals surface area contributed by atoms with E-state index >= 15 is 0 Å². The fourth-order valence-electron chi connectivity index (χ4n) is 2.63. The summed E-state index contributed by atoms with van der Waals surface area (Å²) in [5, 5.41) is 6.82. The van der Waals surface area contributed by atoms with Crippen molar-refractivity contribution in [2.24, 2.45) is 4.99 Å². The van der Waals surface area contributed by atoms with Gasteiger partial charge in [-0.2, -0.15) is 0 Å². The fourth-order valence-corrected chi connectivity index (χ4v) is 2.63. The second-order valence-corrected chi connectivity index (χ2v) is 6.37. The van der Waals surface area contributed by atoms with E-state index in [1.165, 1.54) is 11.1 Å². The van der Waals surface area contributed by atoms with Crippen molar-refractivity contribution in [1.82, 2.24) is 15.5 Å². The van der Waals surface area contributed by atoms with Gasteiger partial charge in [-0.05, 0) is 38.6 Å². The van der Waals surface area contributed by atoms with Gasteiger partial charge in [0.05, 0.1) is 6.54 Å². The summed E-state index contributed by atoms with van der Waals surface area (Å²) in [5.74, 6) is 0.867. The van der Waals surface area contributed by atoms with Gasteiger partial charge in [-0.15, -0.1) is 24.0 Å². The zero-order valence-electron chi connectivity index (χ0n) is 16.0. The molecule has 1 atom stereocenters. The van der Waals surface area contributed by atoms with Crippen molar-refractivity contribution in [1.29, 1.82) is 0 Å². The van der Waals surface area contributed by atoms with Crippen LogP contribution in [0.5, 0.6) is 0 Å². The van der Waals surface area contributed by atoms with Gasteiger partial charge >= 0.3 is 0 Å². The molecule has 0 heterocycles. The molecular weight excluding hydrogens is 435 g/mol. The highest BCUT2D eigenvalue weighted by Gasteiger charge is 2.13. The van der Waals surface area contributed by atoms with Gasteiger partial charge in [-0.3, -0.25) is 0 Å². The molecule has 0 saturated carbocycles. The zero-order valence-corrected chi connectivity index (χ0v) is 18.3. The maximum atomic E-state index is 4.70. The molecule has 0 aliphatic heterocycles. The van der Waals surface area contributed by atoms with Crippen molar-refractivity contribution in [2.75, 3.05) is 27.2 Å². The minimum atomic E-state index is 0. The third-order valence-corrected chi connectivity index (χ3v) is 4.16. The van der Waals surface area contributed by atoms with Crippen LogP contribution in [0.4, 0.5) is 0 Å². The van der Waals surface area contributed by atoms with Crippen molar-refractivity contribution < 1.29 is 0 Å². The molecule has 0 aromatic heterocycles. The van der Waals surface area contributed by atoms with Crippen LogP contribution in [0.1, 0.15) is 18.1 Å². The Kier molecular flexibility index (Phi) is 11.0. The van der Waals surface area contributed by atoms with E-state index in [0.717, 1.165) is 25.5 Å². The number of hydrogen-bond acceptors (Lipinski definition) is 2. The molecule has 0 fully saturated rings. The van der Waals surface area contributed by atoms with E-state index in [0.29, 0.717) is 12.6 Å². The van der Waals surface area contributed by atoms with Gasteiger partial charge in [0, 0.05) is 19.1 Å². The molecule has 142 valence electrons. The molecule has 5 heteroatoms. The van der Waals surface area contributed by atoms with Crippen molar-refractivity contribution in [3.63, 3.8) is 0 Å². The lowest BCUT2D eigenvalue weighted by atomic mass is 10.1. The maximum Gasteiger partial charge on any atom is 0.191 e. The van der Waals surface area contributed by atoms with Crippen LogP contribution in [-0.4, -0.2) is 44.1 Å². The number of guanidine groups is 1. The average molecular weight is 466 g/mol. The van der Waals surface area contributed by atoms with Crippen molar-refractivity contribution in [2.45, 2.75) is 25.9 Å². The molecule has 0 aliphatic rings. The fraction of sp³-hybridized carbons (Fsp3) is 0.381. The van der Waals surface area contributed by atoms with Crippen LogP contribution in [0.25, 0.3) is 0 Å². The Balaban J connectivity index is 0.00000338. The van der Waals surface area contributed by atoms with Crippen LogP contribution in [0, 0.1) is 0 Å². The Morgan fingerprint density at radius 3 is 2.04 bits per heavy atom. The highest BCUT2D eigenvalue weighted by Crippen LogP contribution is 2.06. The molecule has 2 rings (SSSR count). The standard InChI is InChI=1S/C21H30N4.HI/c1-4-22-21(23-16-19-13-9-6-10-14-19)24-17-20(25(2)3)15-18-11-7-5-8-12-18;/h5-14,20H,4,15-17H2,1-3H3,(H2,22,23,24);1H. The normalized spacial score (nSPS) is 12.4. The summed E-state index contributed by atoms with van der Waals surface area (Å²) in [6.45, 7) is 4.48. The summed E-state index contributed by atoms with van der Waals surface area (Å²) < 4.78 is 0. The van der Waals surface area contributed by atoms with Crippen molar-refractivity contribution in [3.05, 3.63) is 71.8 Å². The molecule has 2 aromatic carbocycles. The Bertz CT molecular complexity index is 629. The van der Waals surface area contributed by atoms with Gasteiger partial charge < -0.3 is 15.5 Å². The van der Waals surface area contributed by atoms with E-state index in [9.17, 15) is 0 Å². The first-order valence-electron chi connectivity index (χ1n) is 8.95. The highest BCUT2D eigenvalue weighted by molar-refractivity contribution is 14.0. The lowest BCUT2D eigenvalue weighted by Crippen LogP contribution is -2.46. The van der Waals surface area contributed by atoms with Gasteiger partial charge in [-0.1, -0.05) is 60.7 Å². The Labute approximate surface area is 175 Å². The van der Waals surface area contributed by atoms with Crippen molar-refractivity contribution in [3.8, 4) is 0 Å². The first-order chi connectivity index (χ1) is 12.2. The smallest absolute Gasteiger partial charge is 0.191 e. The predicted octanol–water partition coefficient (Wildman–Crippen LogP) is 3.53. The van der Waals surface area contributed by atoms with Crippen LogP contribution in [0.2, 0.25) is 0 Å². The largest absolute Gasteiger partial charge is 0.357 e. The second-order valence-electron chi connectivity index (χ2n) is 6.37. The number of hydrogen-bond donors (Lipinski definition) is 2. The summed E-state index contributed by atoms with van der Waals surface area (Å²) in [6.07, 6.45) is 1.01. The number of rotatable bonds is 8. The van der Waals surface area contributed by atoms with E-state index in [1.807, 2.05) is 18.2 Å². The molecule has 26 heavy (non-hydrogen) atoms. The molecule has 0 bridgehead atoms. The maximum absolute atomic E-state index is 4.70. The molecular formula is C21H31IN4. The predicted molar refractivity (Wildman–Crippen MR) is 122 cm³/mol. The number of aliphatic imine (C=N–C) groups is 1. The van der Waals surface area contributed by atoms with Crippen LogP contribution in [-0.2, 0) is 13.0 Å². The number of nitrogens with one attached hydrogen (secondary N) is 2. The van der Waals surface area contributed by atoms with Gasteiger partial charge in [0.15, 0.2) is 5.96 Å². The monoisotopic (exact) mass is 466 g/mol. The summed E-state index contributed by atoms with van der Waals surface area (Å²) in [6, 6.07) is 21.4. The molecule has 0 amide bonds. The second kappa shape index (κ2) is 12.7. The van der Waals surface area contributed by atoms with E-state index in [1.54, 1.807) is 0 Å². The molecule has 1 unspecified atom stereocenters. The SMILES string of the molecule is CCNC(=NCc1ccccc1)NCC(Cc1ccccc1)N(C)C.I. The highest BCUT2D eigenvalue weighted by atomic mass is 127. The van der Waals surface area contributed by atoms with Gasteiger partial charge in [0.2, 0.25) is 0 Å². The van der Waals surface area contributed by atoms with E-state index in [4.69, 9.17) is 4.99 Å². The third kappa shape index (κ3) is 8.19. The minimum Gasteiger partial charge on any atom is -0.357 e. The summed E-state index contributed by atoms with van der Waals surface area (Å²) >= 11 is 0. The van der Waals surface area contributed by atoms with Gasteiger partial charge in [0.1, 0.15) is 0 Å². The van der Waals surface area contributed by atoms with Gasteiger partial charge in [0.25, 0.3) is 0 Å². The molecule has 0 saturated heterocycles. The van der Waals surface area contributed by atoms with Crippen LogP contribution >= 0.6 is 24.0 Å². The van der Waals surface area contributed by atoms with Crippen molar-refractivity contribution >= 4 is 29.9 Å². The quantitative estimate of drug-likeness (QED) is 0.355. The summed E-state index contributed by atoms with van der Waals surface area (Å²) in [5.41, 5.74) is 2.57. The molecule has 4 nitrogen and oxygen atoms in total.